The molecule has 5 nitrogen and oxygen atoms in total. The van der Waals surface area contributed by atoms with E-state index in [-0.39, 0.29) is 0 Å². The van der Waals surface area contributed by atoms with Crippen molar-refractivity contribution in [3.63, 3.8) is 0 Å². The molecule has 10 rings (SSSR count). The topological polar surface area (TPSA) is 38.3 Å². The smallest absolute Gasteiger partial charge is 0.194 e. The molecule has 272 valence electrons. The van der Waals surface area contributed by atoms with Crippen LogP contribution < -0.4 is 4.90 Å². The molecule has 0 unspecified atom stereocenters. The number of hydrogen-bond donors (Lipinski definition) is 0. The molecular weight excluding hydrogens is 707 g/mol. The third-order valence-electron chi connectivity index (χ3n) is 10.6. The summed E-state index contributed by atoms with van der Waals surface area (Å²) in [6.07, 6.45) is 0. The van der Waals surface area contributed by atoms with Crippen LogP contribution in [0.4, 0.5) is 22.7 Å². The third-order valence-corrected chi connectivity index (χ3v) is 10.6. The zero-order valence-corrected chi connectivity index (χ0v) is 31.4. The van der Waals surface area contributed by atoms with Crippen molar-refractivity contribution in [2.45, 2.75) is 0 Å². The largest absolute Gasteiger partial charge is 0.310 e. The fourth-order valence-electron chi connectivity index (χ4n) is 7.91. The summed E-state index contributed by atoms with van der Waals surface area (Å²) < 4.78 is 2.34. The van der Waals surface area contributed by atoms with Gasteiger partial charge in [0.25, 0.3) is 0 Å². The molecule has 0 atom stereocenters. The Kier molecular flexibility index (Phi) is 8.83. The highest BCUT2D eigenvalue weighted by molar-refractivity contribution is 6.10. The molecule has 0 saturated carbocycles. The minimum atomic E-state index is 0.584. The molecule has 8 aromatic carbocycles. The van der Waals surface area contributed by atoms with E-state index in [0.717, 1.165) is 83.8 Å². The molecular formula is C53H35N5. The summed E-state index contributed by atoms with van der Waals surface area (Å²) in [6.45, 7) is 8.10. The Morgan fingerprint density at radius 3 is 1.59 bits per heavy atom. The highest BCUT2D eigenvalue weighted by Crippen LogP contribution is 2.42. The second kappa shape index (κ2) is 14.9. The number of nitrogens with zero attached hydrogens (tertiary/aromatic N) is 5. The van der Waals surface area contributed by atoms with Crippen LogP contribution in [-0.4, -0.2) is 14.5 Å². The number of aromatic nitrogens is 3. The fraction of sp³-hybridized carbons (Fsp3) is 0. The zero-order chi connectivity index (χ0) is 38.8. The number of fused-ring (bicyclic) bond motifs is 3. The Hall–Kier alpha value is -8.07. The molecule has 10 aromatic rings. The van der Waals surface area contributed by atoms with Crippen LogP contribution in [0.2, 0.25) is 0 Å². The molecule has 0 spiro atoms. The summed E-state index contributed by atoms with van der Waals surface area (Å²) in [7, 11) is 0. The first-order chi connectivity index (χ1) is 28.7. The van der Waals surface area contributed by atoms with Crippen LogP contribution in [-0.2, 0) is 0 Å². The molecule has 0 fully saturated rings. The first kappa shape index (κ1) is 34.4. The van der Waals surface area contributed by atoms with Crippen LogP contribution in [0, 0.1) is 6.57 Å². The van der Waals surface area contributed by atoms with Gasteiger partial charge < -0.3 is 9.47 Å². The molecule has 0 bridgehead atoms. The highest BCUT2D eigenvalue weighted by Gasteiger charge is 2.20. The van der Waals surface area contributed by atoms with Crippen molar-refractivity contribution in [2.24, 2.45) is 0 Å². The van der Waals surface area contributed by atoms with Crippen molar-refractivity contribution in [1.82, 2.24) is 14.5 Å². The minimum Gasteiger partial charge on any atom is -0.310 e. The van der Waals surface area contributed by atoms with Crippen LogP contribution in [0.5, 0.6) is 0 Å². The van der Waals surface area contributed by atoms with Gasteiger partial charge in [-0.1, -0.05) is 146 Å². The summed E-state index contributed by atoms with van der Waals surface area (Å²) in [5.74, 6) is 0.601. The van der Waals surface area contributed by atoms with Crippen molar-refractivity contribution in [3.05, 3.63) is 224 Å². The van der Waals surface area contributed by atoms with Gasteiger partial charge in [-0.3, -0.25) is 0 Å². The Morgan fingerprint density at radius 2 is 0.948 bits per heavy atom. The first-order valence-electron chi connectivity index (χ1n) is 19.3. The maximum atomic E-state index is 8.10. The van der Waals surface area contributed by atoms with Crippen molar-refractivity contribution >= 4 is 44.6 Å². The molecule has 2 heterocycles. The van der Waals surface area contributed by atoms with E-state index in [1.54, 1.807) is 0 Å². The van der Waals surface area contributed by atoms with E-state index < -0.39 is 0 Å². The lowest BCUT2D eigenvalue weighted by atomic mass is 9.99. The van der Waals surface area contributed by atoms with Gasteiger partial charge in [-0.2, -0.15) is 0 Å². The second-order valence-electron chi connectivity index (χ2n) is 14.2. The van der Waals surface area contributed by atoms with Gasteiger partial charge in [0.2, 0.25) is 0 Å². The van der Waals surface area contributed by atoms with Gasteiger partial charge in [0, 0.05) is 50.2 Å². The molecule has 0 amide bonds. The van der Waals surface area contributed by atoms with Crippen LogP contribution in [0.25, 0.3) is 77.4 Å². The molecule has 0 saturated heterocycles. The molecule has 58 heavy (non-hydrogen) atoms. The predicted octanol–water partition coefficient (Wildman–Crippen LogP) is 14.3. The monoisotopic (exact) mass is 741 g/mol. The van der Waals surface area contributed by atoms with E-state index in [9.17, 15) is 0 Å². The summed E-state index contributed by atoms with van der Waals surface area (Å²) in [5, 5.41) is 2.29. The number of rotatable bonds is 8. The van der Waals surface area contributed by atoms with Crippen molar-refractivity contribution < 1.29 is 0 Å². The van der Waals surface area contributed by atoms with E-state index in [1.807, 2.05) is 72.8 Å². The first-order valence-corrected chi connectivity index (χ1v) is 19.3. The van der Waals surface area contributed by atoms with Crippen molar-refractivity contribution in [2.75, 3.05) is 4.90 Å². The standard InChI is InChI=1S/C53H35N5/c1-54-48-28-16-14-26-45(48)39-32-40(53-55-49(37-18-6-2-7-19-37)36-50(56-53)38-20-8-3-9-21-38)34-44(33-39)58-51-29-17-15-27-46(51)47-31-30-43(35-52(47)58)57(41-22-10-4-11-23-41)42-24-12-5-13-25-42/h2-36H. The van der Waals surface area contributed by atoms with Crippen LogP contribution in [0.3, 0.4) is 0 Å². The lowest BCUT2D eigenvalue weighted by Gasteiger charge is -2.25. The van der Waals surface area contributed by atoms with E-state index in [1.165, 1.54) is 0 Å². The highest BCUT2D eigenvalue weighted by atomic mass is 15.1. The van der Waals surface area contributed by atoms with Gasteiger partial charge in [0.1, 0.15) is 0 Å². The number of anilines is 3. The minimum absolute atomic E-state index is 0.584. The normalized spacial score (nSPS) is 11.1. The Balaban J connectivity index is 1.25. The molecule has 0 aliphatic rings. The number of para-hydroxylation sites is 4. The Labute approximate surface area is 337 Å². The van der Waals surface area contributed by atoms with E-state index in [0.29, 0.717) is 11.5 Å². The molecule has 0 aliphatic carbocycles. The molecule has 0 aliphatic heterocycles. The summed E-state index contributed by atoms with van der Waals surface area (Å²) >= 11 is 0. The maximum absolute atomic E-state index is 8.10. The zero-order valence-electron chi connectivity index (χ0n) is 31.4. The molecule has 0 radical (unpaired) electrons. The van der Waals surface area contributed by atoms with Gasteiger partial charge in [-0.25, -0.2) is 14.8 Å². The summed E-state index contributed by atoms with van der Waals surface area (Å²) in [4.78, 5) is 16.7. The van der Waals surface area contributed by atoms with Gasteiger partial charge in [0.15, 0.2) is 11.5 Å². The van der Waals surface area contributed by atoms with Crippen LogP contribution >= 0.6 is 0 Å². The summed E-state index contributed by atoms with van der Waals surface area (Å²) in [5.41, 5.74) is 13.1. The molecule has 5 heteroatoms. The van der Waals surface area contributed by atoms with Gasteiger partial charge in [-0.05, 0) is 77.9 Å². The molecule has 2 aromatic heterocycles. The van der Waals surface area contributed by atoms with Gasteiger partial charge in [0.05, 0.1) is 29.0 Å². The predicted molar refractivity (Wildman–Crippen MR) is 239 cm³/mol. The number of hydrogen-bond acceptors (Lipinski definition) is 3. The van der Waals surface area contributed by atoms with E-state index >= 15 is 0 Å². The average molecular weight is 742 g/mol. The molecule has 0 N–H and O–H groups in total. The van der Waals surface area contributed by atoms with Gasteiger partial charge >= 0.3 is 0 Å². The SMILES string of the molecule is [C-]#[N+]c1ccccc1-c1cc(-c2nc(-c3ccccc3)cc(-c3ccccc3)n2)cc(-n2c3ccccc3c3ccc(N(c4ccccc4)c4ccccc4)cc32)c1. The Morgan fingerprint density at radius 1 is 0.414 bits per heavy atom. The van der Waals surface area contributed by atoms with Crippen LogP contribution in [0.15, 0.2) is 212 Å². The Bertz CT molecular complexity index is 3020. The van der Waals surface area contributed by atoms with E-state index in [2.05, 4.69) is 154 Å². The van der Waals surface area contributed by atoms with Crippen LogP contribution in [0.1, 0.15) is 0 Å². The van der Waals surface area contributed by atoms with Crippen molar-refractivity contribution in [1.29, 1.82) is 0 Å². The van der Waals surface area contributed by atoms with E-state index in [4.69, 9.17) is 16.5 Å². The average Bonchev–Trinajstić information content (AvgIpc) is 3.64. The fourth-order valence-corrected chi connectivity index (χ4v) is 7.91. The quantitative estimate of drug-likeness (QED) is 0.146. The number of benzene rings is 8. The lowest BCUT2D eigenvalue weighted by Crippen LogP contribution is -2.09. The maximum Gasteiger partial charge on any atom is 0.194 e. The van der Waals surface area contributed by atoms with Gasteiger partial charge in [-0.15, -0.1) is 0 Å². The summed E-state index contributed by atoms with van der Waals surface area (Å²) in [6, 6.07) is 73.1. The second-order valence-corrected chi connectivity index (χ2v) is 14.2. The lowest BCUT2D eigenvalue weighted by molar-refractivity contribution is 1.16. The third kappa shape index (κ3) is 6.35. The van der Waals surface area contributed by atoms with Crippen molar-refractivity contribution in [3.8, 4) is 50.7 Å².